The molecule has 0 N–H and O–H groups in total. The Morgan fingerprint density at radius 1 is 1.30 bits per heavy atom. The second-order valence-electron chi connectivity index (χ2n) is 5.18. The Kier molecular flexibility index (Phi) is 5.38. The van der Waals surface area contributed by atoms with Crippen molar-refractivity contribution in [3.63, 3.8) is 0 Å². The van der Waals surface area contributed by atoms with Gasteiger partial charge in [-0.2, -0.15) is 0 Å². The summed E-state index contributed by atoms with van der Waals surface area (Å²) in [6.07, 6.45) is 3.46. The molecule has 0 aromatic heterocycles. The van der Waals surface area contributed by atoms with Crippen LogP contribution >= 0.6 is 31.9 Å². The van der Waals surface area contributed by atoms with Crippen LogP contribution in [-0.2, 0) is 4.79 Å². The molecule has 20 heavy (non-hydrogen) atoms. The Hall–Kier alpha value is -0.680. The largest absolute Gasteiger partial charge is 0.335 e. The quantitative estimate of drug-likeness (QED) is 0.760. The van der Waals surface area contributed by atoms with Crippen molar-refractivity contribution < 1.29 is 9.59 Å². The minimum Gasteiger partial charge on any atom is -0.335 e. The predicted molar refractivity (Wildman–Crippen MR) is 85.8 cm³/mol. The lowest BCUT2D eigenvalue weighted by molar-refractivity contribution is -0.118. The summed E-state index contributed by atoms with van der Waals surface area (Å²) in [4.78, 5) is 26.0. The van der Waals surface area contributed by atoms with Crippen LogP contribution in [-0.4, -0.2) is 29.2 Å². The first-order valence-electron chi connectivity index (χ1n) is 6.74. The number of rotatable bonds is 3. The highest BCUT2D eigenvalue weighted by molar-refractivity contribution is 9.11. The molecular weight excluding hydrogens is 386 g/mol. The maximum Gasteiger partial charge on any atom is 0.255 e. The molecule has 1 fully saturated rings. The molecule has 1 amide bonds. The summed E-state index contributed by atoms with van der Waals surface area (Å²) >= 11 is 6.83. The third-order valence-electron chi connectivity index (χ3n) is 3.57. The summed E-state index contributed by atoms with van der Waals surface area (Å²) in [7, 11) is 0. The maximum atomic E-state index is 12.7. The molecule has 1 aromatic rings. The smallest absolute Gasteiger partial charge is 0.255 e. The Bertz CT molecular complexity index is 531. The highest BCUT2D eigenvalue weighted by Crippen LogP contribution is 2.27. The van der Waals surface area contributed by atoms with Gasteiger partial charge in [0.15, 0.2) is 0 Å². The topological polar surface area (TPSA) is 37.4 Å². The normalized spacial score (nSPS) is 18.9. The van der Waals surface area contributed by atoms with Crippen molar-refractivity contribution in [2.24, 2.45) is 0 Å². The number of hydrogen-bond donors (Lipinski definition) is 0. The van der Waals surface area contributed by atoms with Gasteiger partial charge in [0.1, 0.15) is 5.78 Å². The molecule has 1 aliphatic rings. The van der Waals surface area contributed by atoms with E-state index in [1.165, 1.54) is 0 Å². The summed E-state index contributed by atoms with van der Waals surface area (Å²) in [5, 5.41) is 0. The van der Waals surface area contributed by atoms with E-state index >= 15 is 0 Å². The fraction of sp³-hybridized carbons (Fsp3) is 0.467. The highest BCUT2D eigenvalue weighted by Gasteiger charge is 2.29. The zero-order valence-corrected chi connectivity index (χ0v) is 14.5. The molecular formula is C15H17Br2NO2. The van der Waals surface area contributed by atoms with Crippen molar-refractivity contribution in [2.75, 3.05) is 6.54 Å². The van der Waals surface area contributed by atoms with Gasteiger partial charge >= 0.3 is 0 Å². The number of carbonyl (C=O) groups excluding carboxylic acids is 2. The average Bonchev–Trinajstić information content (AvgIpc) is 2.41. The number of piperidine rings is 1. The summed E-state index contributed by atoms with van der Waals surface area (Å²) in [5.74, 6) is 0.145. The first kappa shape index (κ1) is 15.7. The lowest BCUT2D eigenvalue weighted by atomic mass is 9.97. The first-order chi connectivity index (χ1) is 9.49. The predicted octanol–water partition coefficient (Wildman–Crippen LogP) is 4.19. The summed E-state index contributed by atoms with van der Waals surface area (Å²) in [6, 6.07) is 5.62. The van der Waals surface area contributed by atoms with Gasteiger partial charge in [-0.25, -0.2) is 0 Å². The highest BCUT2D eigenvalue weighted by atomic mass is 79.9. The minimum absolute atomic E-state index is 0.00382. The fourth-order valence-electron chi connectivity index (χ4n) is 2.63. The lowest BCUT2D eigenvalue weighted by Gasteiger charge is -2.35. The number of likely N-dealkylation sites (tertiary alicyclic amines) is 1. The van der Waals surface area contributed by atoms with Crippen LogP contribution in [0.1, 0.15) is 43.0 Å². The van der Waals surface area contributed by atoms with Crippen LogP contribution in [0.2, 0.25) is 0 Å². The van der Waals surface area contributed by atoms with Crippen LogP contribution in [0.25, 0.3) is 0 Å². The summed E-state index contributed by atoms with van der Waals surface area (Å²) < 4.78 is 1.67. The zero-order valence-electron chi connectivity index (χ0n) is 11.4. The molecule has 108 valence electrons. The number of ketones is 1. The number of halogens is 2. The van der Waals surface area contributed by atoms with Gasteiger partial charge in [0, 0.05) is 28.0 Å². The molecule has 0 saturated carbocycles. The Labute approximate surface area is 136 Å². The number of nitrogens with zero attached hydrogens (tertiary/aromatic N) is 1. The number of carbonyl (C=O) groups is 2. The average molecular weight is 403 g/mol. The Morgan fingerprint density at radius 3 is 2.75 bits per heavy atom. The summed E-state index contributed by atoms with van der Waals surface area (Å²) in [5.41, 5.74) is 0.648. The van der Waals surface area contributed by atoms with Crippen LogP contribution in [0.3, 0.4) is 0 Å². The van der Waals surface area contributed by atoms with E-state index in [2.05, 4.69) is 31.9 Å². The van der Waals surface area contributed by atoms with Crippen LogP contribution in [0.4, 0.5) is 0 Å². The van der Waals surface area contributed by atoms with Gasteiger partial charge in [-0.15, -0.1) is 0 Å². The maximum absolute atomic E-state index is 12.7. The Balaban J connectivity index is 2.25. The molecule has 1 aromatic carbocycles. The van der Waals surface area contributed by atoms with E-state index < -0.39 is 0 Å². The SMILES string of the molecule is CC(=O)CC1CCCCN1C(=O)c1cc(Br)ccc1Br. The van der Waals surface area contributed by atoms with Crippen LogP contribution in [0.5, 0.6) is 0 Å². The van der Waals surface area contributed by atoms with E-state index in [4.69, 9.17) is 0 Å². The standard InChI is InChI=1S/C15H17Br2NO2/c1-10(19)8-12-4-2-3-7-18(12)15(20)13-9-11(16)5-6-14(13)17/h5-6,9,12H,2-4,7-8H2,1H3. The fourth-order valence-corrected chi connectivity index (χ4v) is 3.41. The van der Waals surface area contributed by atoms with Gasteiger partial charge < -0.3 is 4.90 Å². The van der Waals surface area contributed by atoms with Crippen molar-refractivity contribution in [3.8, 4) is 0 Å². The first-order valence-corrected chi connectivity index (χ1v) is 8.33. The van der Waals surface area contributed by atoms with Crippen LogP contribution in [0, 0.1) is 0 Å². The number of amides is 1. The third-order valence-corrected chi connectivity index (χ3v) is 4.75. The molecule has 5 heteroatoms. The molecule has 0 radical (unpaired) electrons. The zero-order chi connectivity index (χ0) is 14.7. The van der Waals surface area contributed by atoms with Gasteiger partial charge in [0.2, 0.25) is 0 Å². The van der Waals surface area contributed by atoms with Gasteiger partial charge in [0.25, 0.3) is 5.91 Å². The molecule has 0 spiro atoms. The van der Waals surface area contributed by atoms with Gasteiger partial charge in [-0.3, -0.25) is 9.59 Å². The van der Waals surface area contributed by atoms with E-state index in [0.717, 1.165) is 34.8 Å². The van der Waals surface area contributed by atoms with E-state index in [1.54, 1.807) is 6.92 Å². The summed E-state index contributed by atoms with van der Waals surface area (Å²) in [6.45, 7) is 2.32. The van der Waals surface area contributed by atoms with E-state index in [9.17, 15) is 9.59 Å². The van der Waals surface area contributed by atoms with Crippen molar-refractivity contribution in [3.05, 3.63) is 32.7 Å². The number of hydrogen-bond acceptors (Lipinski definition) is 2. The number of Topliss-reactive ketones (excluding diaryl/α,β-unsaturated/α-hetero) is 1. The van der Waals surface area contributed by atoms with Crippen molar-refractivity contribution in [2.45, 2.75) is 38.6 Å². The van der Waals surface area contributed by atoms with E-state index in [0.29, 0.717) is 12.0 Å². The second-order valence-corrected chi connectivity index (χ2v) is 6.95. The van der Waals surface area contributed by atoms with E-state index in [-0.39, 0.29) is 17.7 Å². The molecule has 1 atom stereocenters. The molecule has 1 saturated heterocycles. The Morgan fingerprint density at radius 2 is 2.05 bits per heavy atom. The molecule has 1 heterocycles. The van der Waals surface area contributed by atoms with Crippen LogP contribution in [0.15, 0.2) is 27.1 Å². The van der Waals surface area contributed by atoms with Crippen molar-refractivity contribution in [1.29, 1.82) is 0 Å². The molecule has 2 rings (SSSR count). The molecule has 0 aliphatic carbocycles. The number of benzene rings is 1. The van der Waals surface area contributed by atoms with Crippen molar-refractivity contribution >= 4 is 43.6 Å². The van der Waals surface area contributed by atoms with Gasteiger partial charge in [-0.05, 0) is 60.3 Å². The van der Waals surface area contributed by atoms with Gasteiger partial charge in [-0.1, -0.05) is 15.9 Å². The van der Waals surface area contributed by atoms with Crippen LogP contribution < -0.4 is 0 Å². The molecule has 1 unspecified atom stereocenters. The third kappa shape index (κ3) is 3.70. The van der Waals surface area contributed by atoms with E-state index in [1.807, 2.05) is 23.1 Å². The monoisotopic (exact) mass is 401 g/mol. The minimum atomic E-state index is 0.00382. The van der Waals surface area contributed by atoms with Crippen molar-refractivity contribution in [1.82, 2.24) is 4.90 Å². The molecule has 0 bridgehead atoms. The second kappa shape index (κ2) is 6.85. The molecule has 1 aliphatic heterocycles. The van der Waals surface area contributed by atoms with Gasteiger partial charge in [0.05, 0.1) is 5.56 Å². The molecule has 3 nitrogen and oxygen atoms in total. The lowest BCUT2D eigenvalue weighted by Crippen LogP contribution is -2.44.